The highest BCUT2D eigenvalue weighted by Crippen LogP contribution is 2.21. The van der Waals surface area contributed by atoms with Crippen LogP contribution >= 0.6 is 0 Å². The second kappa shape index (κ2) is 20.4. The van der Waals surface area contributed by atoms with E-state index in [2.05, 4.69) is 12.2 Å². The maximum Gasteiger partial charge on any atom is 0.220 e. The standard InChI is InChI=1S/C26H51NO7/c1-2-3-4-5-6-7-8-9-10-11-12-13-14-15-16-17-22(29)27-18-19-33-26-25(32)24(31)23(30)21(20-28)34-26/h21,23-26,28,30-32H,2-20H2,1H3,(H,27,29)/t21-,23+,24+,25-,26+/m1/s1. The molecule has 5 atom stereocenters. The Bertz CT molecular complexity index is 492. The molecule has 1 rings (SSSR count). The van der Waals surface area contributed by atoms with Gasteiger partial charge >= 0.3 is 0 Å². The third-order valence-corrected chi connectivity index (χ3v) is 6.56. The van der Waals surface area contributed by atoms with Gasteiger partial charge in [-0.1, -0.05) is 96.8 Å². The summed E-state index contributed by atoms with van der Waals surface area (Å²) < 4.78 is 10.6. The van der Waals surface area contributed by atoms with Gasteiger partial charge in [-0.3, -0.25) is 4.79 Å². The van der Waals surface area contributed by atoms with E-state index in [1.807, 2.05) is 0 Å². The van der Waals surface area contributed by atoms with Crippen LogP contribution < -0.4 is 5.32 Å². The number of hydrogen-bond acceptors (Lipinski definition) is 7. The van der Waals surface area contributed by atoms with Gasteiger partial charge in [0.25, 0.3) is 0 Å². The van der Waals surface area contributed by atoms with Gasteiger partial charge in [-0.25, -0.2) is 0 Å². The van der Waals surface area contributed by atoms with Crippen LogP contribution in [0, 0.1) is 0 Å². The fourth-order valence-corrected chi connectivity index (χ4v) is 4.32. The highest BCUT2D eigenvalue weighted by molar-refractivity contribution is 5.75. The minimum Gasteiger partial charge on any atom is -0.394 e. The fourth-order valence-electron chi connectivity index (χ4n) is 4.32. The Balaban J connectivity index is 1.89. The number of aliphatic hydroxyl groups is 4. The summed E-state index contributed by atoms with van der Waals surface area (Å²) in [7, 11) is 0. The van der Waals surface area contributed by atoms with Crippen LogP contribution in [-0.4, -0.2) is 76.8 Å². The van der Waals surface area contributed by atoms with Crippen molar-refractivity contribution in [1.29, 1.82) is 0 Å². The van der Waals surface area contributed by atoms with Crippen LogP contribution in [0.2, 0.25) is 0 Å². The van der Waals surface area contributed by atoms with Gasteiger partial charge in [0.05, 0.1) is 13.2 Å². The molecule has 0 aromatic rings. The number of hydrogen-bond donors (Lipinski definition) is 5. The molecule has 1 amide bonds. The minimum atomic E-state index is -1.46. The molecule has 202 valence electrons. The first-order valence-electron chi connectivity index (χ1n) is 13.7. The maximum atomic E-state index is 11.9. The molecule has 0 unspecified atom stereocenters. The molecule has 0 aromatic carbocycles. The average molecular weight is 490 g/mol. The second-order valence-electron chi connectivity index (χ2n) is 9.62. The molecular weight excluding hydrogens is 438 g/mol. The summed E-state index contributed by atoms with van der Waals surface area (Å²) in [6, 6.07) is 0. The second-order valence-corrected chi connectivity index (χ2v) is 9.62. The Morgan fingerprint density at radius 1 is 0.765 bits per heavy atom. The Hall–Kier alpha value is -0.770. The summed E-state index contributed by atoms with van der Waals surface area (Å²) in [6.07, 6.45) is 13.4. The third kappa shape index (κ3) is 14.0. The number of carbonyl (C=O) groups excluding carboxylic acids is 1. The van der Waals surface area contributed by atoms with Crippen molar-refractivity contribution in [3.63, 3.8) is 0 Å². The molecule has 5 N–H and O–H groups in total. The summed E-state index contributed by atoms with van der Waals surface area (Å²) in [5, 5.41) is 41.3. The minimum absolute atomic E-state index is 0.0351. The van der Waals surface area contributed by atoms with Crippen molar-refractivity contribution in [2.24, 2.45) is 0 Å². The summed E-state index contributed by atoms with van der Waals surface area (Å²) >= 11 is 0. The molecular formula is C26H51NO7. The molecule has 1 saturated heterocycles. The van der Waals surface area contributed by atoms with Gasteiger partial charge in [0.15, 0.2) is 6.29 Å². The normalized spacial score (nSPS) is 24.9. The number of rotatable bonds is 21. The lowest BCUT2D eigenvalue weighted by Crippen LogP contribution is -2.59. The van der Waals surface area contributed by atoms with Crippen molar-refractivity contribution in [2.75, 3.05) is 19.8 Å². The molecule has 0 aromatic heterocycles. The van der Waals surface area contributed by atoms with Crippen LogP contribution in [0.1, 0.15) is 110 Å². The molecule has 1 fully saturated rings. The Kier molecular flexibility index (Phi) is 18.8. The van der Waals surface area contributed by atoms with Crippen molar-refractivity contribution in [3.8, 4) is 0 Å². The zero-order valence-corrected chi connectivity index (χ0v) is 21.3. The molecule has 0 spiro atoms. The number of ether oxygens (including phenoxy) is 2. The molecule has 0 aliphatic carbocycles. The first-order chi connectivity index (χ1) is 16.5. The van der Waals surface area contributed by atoms with Crippen LogP contribution in [0.4, 0.5) is 0 Å². The van der Waals surface area contributed by atoms with Crippen LogP contribution in [-0.2, 0) is 14.3 Å². The Morgan fingerprint density at radius 3 is 1.76 bits per heavy atom. The molecule has 0 saturated carbocycles. The Labute approximate surface area is 206 Å². The van der Waals surface area contributed by atoms with Crippen LogP contribution in [0.25, 0.3) is 0 Å². The van der Waals surface area contributed by atoms with E-state index in [9.17, 15) is 20.1 Å². The van der Waals surface area contributed by atoms with E-state index < -0.39 is 37.3 Å². The first kappa shape index (κ1) is 31.3. The van der Waals surface area contributed by atoms with Gasteiger partial charge in [0.2, 0.25) is 5.91 Å². The zero-order valence-electron chi connectivity index (χ0n) is 21.3. The van der Waals surface area contributed by atoms with Gasteiger partial charge in [-0.05, 0) is 6.42 Å². The van der Waals surface area contributed by atoms with Crippen molar-refractivity contribution >= 4 is 5.91 Å². The zero-order chi connectivity index (χ0) is 25.0. The van der Waals surface area contributed by atoms with Crippen LogP contribution in [0.5, 0.6) is 0 Å². The predicted molar refractivity (Wildman–Crippen MR) is 132 cm³/mol. The van der Waals surface area contributed by atoms with Gasteiger partial charge in [-0.15, -0.1) is 0 Å². The predicted octanol–water partition coefficient (Wildman–Crippen LogP) is 3.18. The Morgan fingerprint density at radius 2 is 1.26 bits per heavy atom. The number of aliphatic hydroxyl groups excluding tert-OH is 4. The lowest BCUT2D eigenvalue weighted by molar-refractivity contribution is -0.300. The number of amides is 1. The SMILES string of the molecule is CCCCCCCCCCCCCCCCCC(=O)NCCO[C@H]1O[C@H](CO)[C@H](O)[C@H](O)[C@H]1O. The van der Waals surface area contributed by atoms with E-state index in [-0.39, 0.29) is 19.1 Å². The van der Waals surface area contributed by atoms with Crippen molar-refractivity contribution < 1.29 is 34.7 Å². The average Bonchev–Trinajstić information content (AvgIpc) is 2.84. The molecule has 1 aliphatic heterocycles. The van der Waals surface area contributed by atoms with Crippen molar-refractivity contribution in [2.45, 2.75) is 140 Å². The molecule has 8 heteroatoms. The van der Waals surface area contributed by atoms with E-state index in [1.54, 1.807) is 0 Å². The molecule has 34 heavy (non-hydrogen) atoms. The van der Waals surface area contributed by atoms with Crippen molar-refractivity contribution in [3.05, 3.63) is 0 Å². The summed E-state index contributed by atoms with van der Waals surface area (Å²) in [5.41, 5.74) is 0. The highest BCUT2D eigenvalue weighted by atomic mass is 16.7. The maximum absolute atomic E-state index is 11.9. The third-order valence-electron chi connectivity index (χ3n) is 6.56. The van der Waals surface area contributed by atoms with Gasteiger partial charge < -0.3 is 35.2 Å². The quantitative estimate of drug-likeness (QED) is 0.157. The summed E-state index contributed by atoms with van der Waals surface area (Å²) in [6.45, 7) is 2.11. The lowest BCUT2D eigenvalue weighted by Gasteiger charge is -2.39. The molecule has 1 aliphatic rings. The molecule has 1 heterocycles. The number of carbonyl (C=O) groups is 1. The summed E-state index contributed by atoms with van der Waals surface area (Å²) in [5.74, 6) is -0.0351. The van der Waals surface area contributed by atoms with Crippen LogP contribution in [0.15, 0.2) is 0 Å². The van der Waals surface area contributed by atoms with Gasteiger partial charge in [0, 0.05) is 13.0 Å². The number of unbranched alkanes of at least 4 members (excludes halogenated alkanes) is 14. The topological polar surface area (TPSA) is 128 Å². The smallest absolute Gasteiger partial charge is 0.220 e. The molecule has 0 bridgehead atoms. The molecule has 8 nitrogen and oxygen atoms in total. The molecule has 0 radical (unpaired) electrons. The number of nitrogens with one attached hydrogen (secondary N) is 1. The monoisotopic (exact) mass is 489 g/mol. The van der Waals surface area contributed by atoms with Crippen molar-refractivity contribution in [1.82, 2.24) is 5.32 Å². The summed E-state index contributed by atoms with van der Waals surface area (Å²) in [4.78, 5) is 11.9. The van der Waals surface area contributed by atoms with Gasteiger partial charge in [0.1, 0.15) is 24.4 Å². The van der Waals surface area contributed by atoms with Gasteiger partial charge in [-0.2, -0.15) is 0 Å². The van der Waals surface area contributed by atoms with Crippen LogP contribution in [0.3, 0.4) is 0 Å². The lowest BCUT2D eigenvalue weighted by atomic mass is 9.99. The van der Waals surface area contributed by atoms with E-state index in [0.717, 1.165) is 12.8 Å². The van der Waals surface area contributed by atoms with E-state index in [0.29, 0.717) is 6.42 Å². The first-order valence-corrected chi connectivity index (χ1v) is 13.7. The van der Waals surface area contributed by atoms with E-state index in [1.165, 1.54) is 83.5 Å². The van der Waals surface area contributed by atoms with E-state index >= 15 is 0 Å². The fraction of sp³-hybridized carbons (Fsp3) is 0.962. The van der Waals surface area contributed by atoms with E-state index in [4.69, 9.17) is 14.6 Å². The largest absolute Gasteiger partial charge is 0.394 e. The highest BCUT2D eigenvalue weighted by Gasteiger charge is 2.43.